The first kappa shape index (κ1) is 16.8. The van der Waals surface area contributed by atoms with Gasteiger partial charge in [0.25, 0.3) is 0 Å². The van der Waals surface area contributed by atoms with Crippen molar-refractivity contribution in [3.63, 3.8) is 0 Å². The van der Waals surface area contributed by atoms with E-state index in [0.29, 0.717) is 0 Å². The summed E-state index contributed by atoms with van der Waals surface area (Å²) in [6.07, 6.45) is 10.6. The third-order valence-corrected chi connectivity index (χ3v) is 1.68. The lowest BCUT2D eigenvalue weighted by molar-refractivity contribution is -2.00. The van der Waals surface area contributed by atoms with E-state index in [-0.39, 0.29) is 0 Å². The monoisotopic (exact) mass is 276 g/mol. The van der Waals surface area contributed by atoms with Gasteiger partial charge in [-0.3, -0.25) is 0 Å². The molecule has 18 heavy (non-hydrogen) atoms. The molecule has 7 heteroatoms. The fourth-order valence-corrected chi connectivity index (χ4v) is 1.24. The summed E-state index contributed by atoms with van der Waals surface area (Å²) in [5.74, 6) is 0. The minimum atomic E-state index is -4.94. The highest BCUT2D eigenvalue weighted by atomic mass is 35.7. The average Bonchev–Trinajstić information content (AvgIpc) is 2.47. The van der Waals surface area contributed by atoms with Crippen LogP contribution in [0.3, 0.4) is 0 Å². The molecule has 0 radical (unpaired) electrons. The summed E-state index contributed by atoms with van der Waals surface area (Å²) in [4.78, 5) is 2.06. The number of hydrogen-bond acceptors (Lipinski definition) is 5. The molecule has 6 nitrogen and oxygen atoms in total. The van der Waals surface area contributed by atoms with Crippen LogP contribution in [-0.2, 0) is 0 Å². The lowest BCUT2D eigenvalue weighted by Gasteiger charge is -2.17. The standard InChI is InChI=1S/C11H17N2.ClHO4/c1-12(2)8-10-6-5-7-11(10)9-13(3)4;2-1(3,4)5/h5-9H,1-4H3;(H,2,3,4,5)/q+1;/p-1. The second-order valence-corrected chi connectivity index (χ2v) is 4.76. The zero-order chi connectivity index (χ0) is 14.3. The van der Waals surface area contributed by atoms with Crippen molar-refractivity contribution in [2.75, 3.05) is 28.2 Å². The molecule has 0 spiro atoms. The van der Waals surface area contributed by atoms with E-state index in [1.54, 1.807) is 0 Å². The van der Waals surface area contributed by atoms with Crippen LogP contribution in [0, 0.1) is 10.2 Å². The quantitative estimate of drug-likeness (QED) is 0.385. The molecule has 0 N–H and O–H groups in total. The summed E-state index contributed by atoms with van der Waals surface area (Å²) in [6.45, 7) is 0. The Hall–Kier alpha value is -1.18. The van der Waals surface area contributed by atoms with Crippen molar-refractivity contribution in [2.24, 2.45) is 0 Å². The summed E-state index contributed by atoms with van der Waals surface area (Å²) >= 11 is 0. The van der Waals surface area contributed by atoms with Gasteiger partial charge in [0.05, 0.1) is 0 Å². The Morgan fingerprint density at radius 1 is 1.17 bits per heavy atom. The van der Waals surface area contributed by atoms with Crippen LogP contribution in [0.25, 0.3) is 0 Å². The molecule has 0 unspecified atom stereocenters. The van der Waals surface area contributed by atoms with Gasteiger partial charge in [0.1, 0.15) is 14.1 Å². The van der Waals surface area contributed by atoms with Gasteiger partial charge in [0.15, 0.2) is 6.21 Å². The summed E-state index contributed by atoms with van der Waals surface area (Å²) in [6, 6.07) is 0. The van der Waals surface area contributed by atoms with E-state index in [1.165, 1.54) is 11.1 Å². The Labute approximate surface area is 109 Å². The average molecular weight is 277 g/mol. The SMILES string of the molecule is CN(C)/C=C1\C=CC=C1C=[N+](C)C.[O-][Cl+3]([O-])([O-])[O-]. The lowest BCUT2D eigenvalue weighted by Crippen LogP contribution is -2.68. The number of halogens is 1. The van der Waals surface area contributed by atoms with Gasteiger partial charge in [-0.05, 0) is 6.08 Å². The van der Waals surface area contributed by atoms with Gasteiger partial charge >= 0.3 is 0 Å². The molecule has 0 saturated carbocycles. The van der Waals surface area contributed by atoms with E-state index in [4.69, 9.17) is 18.6 Å². The Bertz CT molecular complexity index is 382. The third-order valence-electron chi connectivity index (χ3n) is 1.68. The third kappa shape index (κ3) is 10.0. The zero-order valence-corrected chi connectivity index (χ0v) is 11.5. The van der Waals surface area contributed by atoms with E-state index < -0.39 is 10.2 Å². The van der Waals surface area contributed by atoms with E-state index in [9.17, 15) is 0 Å². The molecule has 0 aromatic rings. The maximum absolute atomic E-state index is 8.49. The van der Waals surface area contributed by atoms with Crippen molar-refractivity contribution in [1.29, 1.82) is 0 Å². The Morgan fingerprint density at radius 2 is 1.67 bits per heavy atom. The van der Waals surface area contributed by atoms with Crippen LogP contribution in [0.1, 0.15) is 0 Å². The van der Waals surface area contributed by atoms with Crippen molar-refractivity contribution in [2.45, 2.75) is 0 Å². The van der Waals surface area contributed by atoms with Crippen molar-refractivity contribution in [3.8, 4) is 0 Å². The van der Waals surface area contributed by atoms with Gasteiger partial charge in [0.2, 0.25) is 0 Å². The zero-order valence-electron chi connectivity index (χ0n) is 10.8. The van der Waals surface area contributed by atoms with Crippen LogP contribution >= 0.6 is 0 Å². The van der Waals surface area contributed by atoms with Gasteiger partial charge in [0, 0.05) is 31.4 Å². The highest BCUT2D eigenvalue weighted by Gasteiger charge is 2.07. The van der Waals surface area contributed by atoms with E-state index in [1.807, 2.05) is 28.2 Å². The second-order valence-electron chi connectivity index (χ2n) is 4.00. The smallest absolute Gasteiger partial charge is 0.170 e. The highest BCUT2D eigenvalue weighted by Crippen LogP contribution is 2.16. The van der Waals surface area contributed by atoms with Crippen LogP contribution in [0.15, 0.2) is 35.6 Å². The number of rotatable bonds is 2. The van der Waals surface area contributed by atoms with Gasteiger partial charge in [-0.1, -0.05) is 12.2 Å². The van der Waals surface area contributed by atoms with Crippen LogP contribution in [0.5, 0.6) is 0 Å². The highest BCUT2D eigenvalue weighted by molar-refractivity contribution is 5.85. The maximum Gasteiger partial charge on any atom is 0.170 e. The number of allylic oxidation sites excluding steroid dienone is 5. The van der Waals surface area contributed by atoms with E-state index >= 15 is 0 Å². The molecule has 1 aliphatic rings. The topological polar surface area (TPSA) is 98.5 Å². The summed E-state index contributed by atoms with van der Waals surface area (Å²) in [7, 11) is 3.19. The molecular formula is C11H17ClN2O4. The minimum Gasteiger partial charge on any atom is -0.383 e. The fraction of sp³-hybridized carbons (Fsp3) is 0.364. The Morgan fingerprint density at radius 3 is 2.06 bits per heavy atom. The molecule has 1 aliphatic carbocycles. The predicted molar refractivity (Wildman–Crippen MR) is 57.2 cm³/mol. The number of hydrogen-bond donors (Lipinski definition) is 0. The van der Waals surface area contributed by atoms with Crippen LogP contribution in [0.2, 0.25) is 0 Å². The summed E-state index contributed by atoms with van der Waals surface area (Å²) in [5, 5.41) is 0. The van der Waals surface area contributed by atoms with Gasteiger partial charge in [-0.2, -0.15) is 0 Å². The van der Waals surface area contributed by atoms with Gasteiger partial charge in [-0.25, -0.2) is 23.2 Å². The molecule has 0 bridgehead atoms. The molecule has 0 fully saturated rings. The first-order chi connectivity index (χ1) is 8.09. The van der Waals surface area contributed by atoms with Crippen molar-refractivity contribution in [1.82, 2.24) is 4.90 Å². The molecule has 0 atom stereocenters. The molecular weight excluding hydrogens is 260 g/mol. The van der Waals surface area contributed by atoms with Crippen LogP contribution < -0.4 is 18.6 Å². The molecule has 0 aliphatic heterocycles. The molecule has 102 valence electrons. The molecule has 0 amide bonds. The van der Waals surface area contributed by atoms with Crippen molar-refractivity contribution >= 4 is 6.21 Å². The predicted octanol–water partition coefficient (Wildman–Crippen LogP) is -3.48. The minimum absolute atomic E-state index is 1.26. The Kier molecular flexibility index (Phi) is 6.82. The Balaban J connectivity index is 0.000000494. The summed E-state index contributed by atoms with van der Waals surface area (Å²) < 4.78 is 36.0. The lowest BCUT2D eigenvalue weighted by atomic mass is 10.1. The molecule has 0 saturated heterocycles. The maximum atomic E-state index is 8.49. The first-order valence-corrected chi connectivity index (χ1v) is 6.23. The van der Waals surface area contributed by atoms with Crippen LogP contribution in [-0.4, -0.2) is 43.9 Å². The van der Waals surface area contributed by atoms with Crippen LogP contribution in [0.4, 0.5) is 0 Å². The molecule has 0 aromatic carbocycles. The first-order valence-electron chi connectivity index (χ1n) is 4.99. The largest absolute Gasteiger partial charge is 0.383 e. The van der Waals surface area contributed by atoms with Gasteiger partial charge < -0.3 is 4.90 Å². The van der Waals surface area contributed by atoms with Crippen molar-refractivity contribution < 1.29 is 33.5 Å². The second kappa shape index (κ2) is 7.30. The van der Waals surface area contributed by atoms with E-state index in [0.717, 1.165) is 0 Å². The molecule has 1 rings (SSSR count). The van der Waals surface area contributed by atoms with Gasteiger partial charge in [-0.15, -0.1) is 10.2 Å². The number of nitrogens with zero attached hydrogens (tertiary/aromatic N) is 2. The van der Waals surface area contributed by atoms with E-state index in [2.05, 4.69) is 40.1 Å². The molecule has 0 heterocycles. The summed E-state index contributed by atoms with van der Waals surface area (Å²) in [5.41, 5.74) is 2.53. The molecule has 0 aromatic heterocycles. The fourth-order valence-electron chi connectivity index (χ4n) is 1.24. The van der Waals surface area contributed by atoms with Crippen molar-refractivity contribution in [3.05, 3.63) is 35.6 Å². The normalized spacial score (nSPS) is 16.0.